The van der Waals surface area contributed by atoms with Gasteiger partial charge in [-0.3, -0.25) is 0 Å². The second-order valence-electron chi connectivity index (χ2n) is 4.00. The van der Waals surface area contributed by atoms with Crippen molar-refractivity contribution in [1.29, 1.82) is 0 Å². The number of rotatable bonds is 5. The minimum Gasteiger partial charge on any atom is -0.396 e. The SMILES string of the molecule is CNC(c1ccc(Br)s1)C(CO)C(C)C. The van der Waals surface area contributed by atoms with E-state index in [1.54, 1.807) is 11.3 Å². The zero-order valence-electron chi connectivity index (χ0n) is 9.33. The summed E-state index contributed by atoms with van der Waals surface area (Å²) in [5, 5.41) is 12.7. The Balaban J connectivity index is 2.86. The van der Waals surface area contributed by atoms with Gasteiger partial charge in [0.15, 0.2) is 0 Å². The summed E-state index contributed by atoms with van der Waals surface area (Å²) in [5.41, 5.74) is 0. The van der Waals surface area contributed by atoms with E-state index in [1.165, 1.54) is 4.88 Å². The maximum atomic E-state index is 9.42. The van der Waals surface area contributed by atoms with Gasteiger partial charge in [0, 0.05) is 23.4 Å². The molecule has 1 rings (SSSR count). The number of thiophene rings is 1. The summed E-state index contributed by atoms with van der Waals surface area (Å²) in [7, 11) is 1.95. The van der Waals surface area contributed by atoms with Crippen molar-refractivity contribution >= 4 is 27.3 Å². The van der Waals surface area contributed by atoms with Gasteiger partial charge in [-0.2, -0.15) is 0 Å². The standard InChI is InChI=1S/C11H18BrNOS/c1-7(2)8(6-14)11(13-3)9-4-5-10(12)15-9/h4-5,7-8,11,13-14H,6H2,1-3H3. The fourth-order valence-electron chi connectivity index (χ4n) is 1.76. The smallest absolute Gasteiger partial charge is 0.0701 e. The van der Waals surface area contributed by atoms with Crippen LogP contribution in [-0.4, -0.2) is 18.8 Å². The first-order valence-electron chi connectivity index (χ1n) is 5.13. The molecule has 0 saturated carbocycles. The molecule has 2 atom stereocenters. The lowest BCUT2D eigenvalue weighted by atomic mass is 9.88. The molecule has 0 aliphatic heterocycles. The van der Waals surface area contributed by atoms with Crippen LogP contribution >= 0.6 is 27.3 Å². The first kappa shape index (κ1) is 13.2. The lowest BCUT2D eigenvalue weighted by Gasteiger charge is -2.27. The van der Waals surface area contributed by atoms with Gasteiger partial charge in [-0.15, -0.1) is 11.3 Å². The monoisotopic (exact) mass is 291 g/mol. The number of aliphatic hydroxyl groups is 1. The molecule has 86 valence electrons. The lowest BCUT2D eigenvalue weighted by Crippen LogP contribution is -2.30. The van der Waals surface area contributed by atoms with Crippen LogP contribution < -0.4 is 5.32 Å². The van der Waals surface area contributed by atoms with Crippen LogP contribution in [0.2, 0.25) is 0 Å². The van der Waals surface area contributed by atoms with E-state index >= 15 is 0 Å². The topological polar surface area (TPSA) is 32.3 Å². The summed E-state index contributed by atoms with van der Waals surface area (Å²) in [6.07, 6.45) is 0. The number of aliphatic hydroxyl groups excluding tert-OH is 1. The van der Waals surface area contributed by atoms with Gasteiger partial charge >= 0.3 is 0 Å². The van der Waals surface area contributed by atoms with Crippen molar-refractivity contribution in [2.24, 2.45) is 11.8 Å². The maximum Gasteiger partial charge on any atom is 0.0701 e. The highest BCUT2D eigenvalue weighted by atomic mass is 79.9. The summed E-state index contributed by atoms with van der Waals surface area (Å²) in [5.74, 6) is 0.730. The third kappa shape index (κ3) is 3.28. The molecule has 1 aromatic heterocycles. The van der Waals surface area contributed by atoms with E-state index < -0.39 is 0 Å². The Morgan fingerprint density at radius 2 is 2.13 bits per heavy atom. The Bertz CT molecular complexity index is 301. The fraction of sp³-hybridized carbons (Fsp3) is 0.636. The molecule has 0 radical (unpaired) electrons. The molecule has 2 unspecified atom stereocenters. The molecule has 1 heterocycles. The van der Waals surface area contributed by atoms with Crippen molar-refractivity contribution in [3.8, 4) is 0 Å². The lowest BCUT2D eigenvalue weighted by molar-refractivity contribution is 0.155. The first-order chi connectivity index (χ1) is 7.10. The molecular formula is C11H18BrNOS. The predicted molar refractivity (Wildman–Crippen MR) is 69.2 cm³/mol. The van der Waals surface area contributed by atoms with Crippen molar-refractivity contribution in [2.45, 2.75) is 19.9 Å². The third-order valence-electron chi connectivity index (χ3n) is 2.71. The Morgan fingerprint density at radius 3 is 2.47 bits per heavy atom. The molecule has 2 N–H and O–H groups in total. The predicted octanol–water partition coefficient (Wildman–Crippen LogP) is 3.04. The van der Waals surface area contributed by atoms with Crippen molar-refractivity contribution in [3.63, 3.8) is 0 Å². The molecule has 2 nitrogen and oxygen atoms in total. The maximum absolute atomic E-state index is 9.42. The Morgan fingerprint density at radius 1 is 1.47 bits per heavy atom. The number of halogens is 1. The Labute approximate surface area is 104 Å². The highest BCUT2D eigenvalue weighted by Crippen LogP contribution is 2.33. The third-order valence-corrected chi connectivity index (χ3v) is 4.41. The Hall–Kier alpha value is 0.1000. The van der Waals surface area contributed by atoms with Gasteiger partial charge in [-0.25, -0.2) is 0 Å². The van der Waals surface area contributed by atoms with Crippen LogP contribution in [-0.2, 0) is 0 Å². The molecule has 0 spiro atoms. The Kier molecular flexibility index (Phi) is 5.26. The molecule has 0 amide bonds. The quantitative estimate of drug-likeness (QED) is 0.874. The minimum absolute atomic E-state index is 0.221. The second kappa shape index (κ2) is 5.99. The molecule has 0 fully saturated rings. The molecule has 0 saturated heterocycles. The van der Waals surface area contributed by atoms with Gasteiger partial charge in [0.05, 0.1) is 3.79 Å². The van der Waals surface area contributed by atoms with Crippen molar-refractivity contribution < 1.29 is 5.11 Å². The molecule has 0 aliphatic rings. The van der Waals surface area contributed by atoms with Gasteiger partial charge in [-0.05, 0) is 41.0 Å². The van der Waals surface area contributed by atoms with Crippen LogP contribution in [0.25, 0.3) is 0 Å². The summed E-state index contributed by atoms with van der Waals surface area (Å²) in [4.78, 5) is 1.28. The van der Waals surface area contributed by atoms with Crippen LogP contribution in [0.15, 0.2) is 15.9 Å². The number of hydrogen-bond acceptors (Lipinski definition) is 3. The molecular weight excluding hydrogens is 274 g/mol. The van der Waals surface area contributed by atoms with E-state index in [4.69, 9.17) is 0 Å². The van der Waals surface area contributed by atoms with Gasteiger partial charge in [0.1, 0.15) is 0 Å². The van der Waals surface area contributed by atoms with E-state index in [1.807, 2.05) is 7.05 Å². The van der Waals surface area contributed by atoms with Crippen LogP contribution in [0.1, 0.15) is 24.8 Å². The molecule has 0 aromatic carbocycles. The summed E-state index contributed by atoms with van der Waals surface area (Å²) < 4.78 is 1.14. The zero-order valence-corrected chi connectivity index (χ0v) is 11.7. The van der Waals surface area contributed by atoms with Crippen LogP contribution in [0, 0.1) is 11.8 Å². The molecule has 1 aromatic rings. The highest BCUT2D eigenvalue weighted by Gasteiger charge is 2.25. The minimum atomic E-state index is 0.221. The first-order valence-corrected chi connectivity index (χ1v) is 6.74. The normalized spacial score (nSPS) is 15.6. The summed E-state index contributed by atoms with van der Waals surface area (Å²) >= 11 is 5.19. The van der Waals surface area contributed by atoms with E-state index in [9.17, 15) is 5.11 Å². The van der Waals surface area contributed by atoms with E-state index in [-0.39, 0.29) is 18.6 Å². The average molecular weight is 292 g/mol. The van der Waals surface area contributed by atoms with Crippen LogP contribution in [0.5, 0.6) is 0 Å². The van der Waals surface area contributed by atoms with Gasteiger partial charge in [0.25, 0.3) is 0 Å². The summed E-state index contributed by atoms with van der Waals surface area (Å²) in [6, 6.07) is 4.41. The van der Waals surface area contributed by atoms with Crippen molar-refractivity contribution in [2.75, 3.05) is 13.7 Å². The van der Waals surface area contributed by atoms with Crippen molar-refractivity contribution in [1.82, 2.24) is 5.32 Å². The molecule has 15 heavy (non-hydrogen) atoms. The highest BCUT2D eigenvalue weighted by molar-refractivity contribution is 9.11. The van der Waals surface area contributed by atoms with E-state index in [0.29, 0.717) is 5.92 Å². The number of nitrogens with one attached hydrogen (secondary N) is 1. The van der Waals surface area contributed by atoms with Crippen LogP contribution in [0.4, 0.5) is 0 Å². The van der Waals surface area contributed by atoms with Gasteiger partial charge in [0.2, 0.25) is 0 Å². The number of hydrogen-bond donors (Lipinski definition) is 2. The molecule has 0 bridgehead atoms. The fourth-order valence-corrected chi connectivity index (χ4v) is 3.37. The van der Waals surface area contributed by atoms with Gasteiger partial charge < -0.3 is 10.4 Å². The summed E-state index contributed by atoms with van der Waals surface area (Å²) in [6.45, 7) is 4.51. The average Bonchev–Trinajstić information content (AvgIpc) is 2.60. The second-order valence-corrected chi connectivity index (χ2v) is 6.49. The van der Waals surface area contributed by atoms with E-state index in [2.05, 4.69) is 47.2 Å². The zero-order chi connectivity index (χ0) is 11.4. The van der Waals surface area contributed by atoms with Crippen LogP contribution in [0.3, 0.4) is 0 Å². The largest absolute Gasteiger partial charge is 0.396 e. The molecule has 4 heteroatoms. The van der Waals surface area contributed by atoms with Gasteiger partial charge in [-0.1, -0.05) is 13.8 Å². The van der Waals surface area contributed by atoms with E-state index in [0.717, 1.165) is 3.79 Å². The molecule has 0 aliphatic carbocycles. The van der Waals surface area contributed by atoms with Crippen molar-refractivity contribution in [3.05, 3.63) is 20.8 Å².